The summed E-state index contributed by atoms with van der Waals surface area (Å²) >= 11 is 3.47. The van der Waals surface area contributed by atoms with Crippen molar-refractivity contribution in [3.63, 3.8) is 0 Å². The first-order valence-electron chi connectivity index (χ1n) is 6.88. The maximum Gasteiger partial charge on any atom is 0.133 e. The van der Waals surface area contributed by atoms with Crippen molar-refractivity contribution in [2.45, 2.75) is 33.2 Å². The Morgan fingerprint density at radius 1 is 1.20 bits per heavy atom. The molecule has 0 radical (unpaired) electrons. The molecule has 20 heavy (non-hydrogen) atoms. The van der Waals surface area contributed by atoms with Gasteiger partial charge >= 0.3 is 0 Å². The average Bonchev–Trinajstić information content (AvgIpc) is 2.38. The standard InChI is InChI=1S/C16H20BrN3/c1-4-6-15-18-14(17)10-16(19-15)20(3)11-13-8-5-7-12(2)9-13/h5,7-10H,4,6,11H2,1-3H3. The van der Waals surface area contributed by atoms with Crippen LogP contribution in [0.3, 0.4) is 0 Å². The highest BCUT2D eigenvalue weighted by atomic mass is 79.9. The van der Waals surface area contributed by atoms with Gasteiger partial charge in [0.05, 0.1) is 0 Å². The second-order valence-corrected chi connectivity index (χ2v) is 5.87. The summed E-state index contributed by atoms with van der Waals surface area (Å²) in [6.07, 6.45) is 1.96. The third-order valence-electron chi connectivity index (χ3n) is 3.09. The molecule has 0 spiro atoms. The van der Waals surface area contributed by atoms with Gasteiger partial charge < -0.3 is 4.90 Å². The van der Waals surface area contributed by atoms with Gasteiger partial charge in [0.25, 0.3) is 0 Å². The van der Waals surface area contributed by atoms with Crippen molar-refractivity contribution in [2.75, 3.05) is 11.9 Å². The second kappa shape index (κ2) is 6.84. The van der Waals surface area contributed by atoms with E-state index in [1.54, 1.807) is 0 Å². The minimum atomic E-state index is 0.844. The molecular formula is C16H20BrN3. The van der Waals surface area contributed by atoms with Crippen molar-refractivity contribution in [2.24, 2.45) is 0 Å². The lowest BCUT2D eigenvalue weighted by Crippen LogP contribution is -2.18. The van der Waals surface area contributed by atoms with Gasteiger partial charge in [-0.15, -0.1) is 0 Å². The number of halogens is 1. The van der Waals surface area contributed by atoms with Gasteiger partial charge in [0, 0.05) is 26.1 Å². The number of hydrogen-bond donors (Lipinski definition) is 0. The molecule has 2 aromatic rings. The van der Waals surface area contributed by atoms with E-state index < -0.39 is 0 Å². The first-order chi connectivity index (χ1) is 9.58. The fourth-order valence-corrected chi connectivity index (χ4v) is 2.56. The minimum Gasteiger partial charge on any atom is -0.355 e. The van der Waals surface area contributed by atoms with Crippen LogP contribution in [0.2, 0.25) is 0 Å². The molecule has 106 valence electrons. The molecule has 0 amide bonds. The van der Waals surface area contributed by atoms with Gasteiger partial charge in [0.1, 0.15) is 16.2 Å². The third-order valence-corrected chi connectivity index (χ3v) is 3.50. The van der Waals surface area contributed by atoms with Gasteiger partial charge in [-0.3, -0.25) is 0 Å². The van der Waals surface area contributed by atoms with Crippen LogP contribution in [0, 0.1) is 6.92 Å². The van der Waals surface area contributed by atoms with E-state index in [0.717, 1.165) is 35.6 Å². The summed E-state index contributed by atoms with van der Waals surface area (Å²) in [5, 5.41) is 0. The normalized spacial score (nSPS) is 10.6. The van der Waals surface area contributed by atoms with Crippen LogP contribution in [-0.2, 0) is 13.0 Å². The Hall–Kier alpha value is -1.42. The monoisotopic (exact) mass is 333 g/mol. The van der Waals surface area contributed by atoms with Crippen molar-refractivity contribution in [3.05, 3.63) is 51.9 Å². The van der Waals surface area contributed by atoms with E-state index in [0.29, 0.717) is 0 Å². The summed E-state index contributed by atoms with van der Waals surface area (Å²) in [6.45, 7) is 5.10. The number of aryl methyl sites for hydroxylation is 2. The molecule has 1 aromatic heterocycles. The van der Waals surface area contributed by atoms with Crippen molar-refractivity contribution < 1.29 is 0 Å². The molecule has 4 heteroatoms. The van der Waals surface area contributed by atoms with E-state index in [2.05, 4.69) is 76.0 Å². The Morgan fingerprint density at radius 2 is 2.00 bits per heavy atom. The van der Waals surface area contributed by atoms with Crippen LogP contribution in [-0.4, -0.2) is 17.0 Å². The summed E-state index contributed by atoms with van der Waals surface area (Å²) in [7, 11) is 2.06. The largest absolute Gasteiger partial charge is 0.355 e. The molecule has 0 bridgehead atoms. The van der Waals surface area contributed by atoms with Crippen LogP contribution >= 0.6 is 15.9 Å². The molecule has 0 unspecified atom stereocenters. The van der Waals surface area contributed by atoms with E-state index in [4.69, 9.17) is 0 Å². The number of anilines is 1. The lowest BCUT2D eigenvalue weighted by Gasteiger charge is -2.19. The summed E-state index contributed by atoms with van der Waals surface area (Å²) in [6, 6.07) is 10.5. The summed E-state index contributed by atoms with van der Waals surface area (Å²) in [5.41, 5.74) is 2.57. The molecular weight excluding hydrogens is 314 g/mol. The quantitative estimate of drug-likeness (QED) is 0.770. The summed E-state index contributed by atoms with van der Waals surface area (Å²) in [4.78, 5) is 11.2. The fraction of sp³-hybridized carbons (Fsp3) is 0.375. The lowest BCUT2D eigenvalue weighted by molar-refractivity contribution is 0.806. The average molecular weight is 334 g/mol. The Morgan fingerprint density at radius 3 is 2.70 bits per heavy atom. The Balaban J connectivity index is 2.18. The van der Waals surface area contributed by atoms with Gasteiger partial charge in [0.15, 0.2) is 0 Å². The van der Waals surface area contributed by atoms with E-state index in [-0.39, 0.29) is 0 Å². The first kappa shape index (κ1) is 15.0. The minimum absolute atomic E-state index is 0.844. The zero-order valence-electron chi connectivity index (χ0n) is 12.2. The van der Waals surface area contributed by atoms with Gasteiger partial charge in [-0.1, -0.05) is 36.8 Å². The number of benzene rings is 1. The molecule has 2 rings (SSSR count). The Bertz CT molecular complexity index is 584. The van der Waals surface area contributed by atoms with E-state index in [1.807, 2.05) is 6.07 Å². The summed E-state index contributed by atoms with van der Waals surface area (Å²) in [5.74, 6) is 1.85. The predicted octanol–water partition coefficient (Wildman–Crippen LogP) is 4.14. The highest BCUT2D eigenvalue weighted by molar-refractivity contribution is 9.10. The molecule has 1 aromatic carbocycles. The van der Waals surface area contributed by atoms with Crippen LogP contribution in [0.15, 0.2) is 34.9 Å². The summed E-state index contributed by atoms with van der Waals surface area (Å²) < 4.78 is 0.849. The maximum atomic E-state index is 4.63. The molecule has 0 aliphatic carbocycles. The van der Waals surface area contributed by atoms with Crippen molar-refractivity contribution in [3.8, 4) is 0 Å². The molecule has 0 atom stereocenters. The molecule has 0 saturated carbocycles. The first-order valence-corrected chi connectivity index (χ1v) is 7.68. The molecule has 0 N–H and O–H groups in total. The molecule has 0 fully saturated rings. The highest BCUT2D eigenvalue weighted by Crippen LogP contribution is 2.18. The molecule has 0 saturated heterocycles. The Kier molecular flexibility index (Phi) is 5.12. The van der Waals surface area contributed by atoms with E-state index >= 15 is 0 Å². The molecule has 0 aliphatic rings. The second-order valence-electron chi connectivity index (χ2n) is 5.06. The number of hydrogen-bond acceptors (Lipinski definition) is 3. The topological polar surface area (TPSA) is 29.0 Å². The van der Waals surface area contributed by atoms with Crippen LogP contribution in [0.1, 0.15) is 30.3 Å². The van der Waals surface area contributed by atoms with Crippen molar-refractivity contribution in [1.82, 2.24) is 9.97 Å². The van der Waals surface area contributed by atoms with Crippen molar-refractivity contribution in [1.29, 1.82) is 0 Å². The zero-order valence-corrected chi connectivity index (χ0v) is 13.8. The smallest absolute Gasteiger partial charge is 0.133 e. The molecule has 3 nitrogen and oxygen atoms in total. The zero-order chi connectivity index (χ0) is 14.5. The van der Waals surface area contributed by atoms with Crippen LogP contribution in [0.5, 0.6) is 0 Å². The fourth-order valence-electron chi connectivity index (χ4n) is 2.15. The number of rotatable bonds is 5. The van der Waals surface area contributed by atoms with E-state index in [9.17, 15) is 0 Å². The van der Waals surface area contributed by atoms with Crippen LogP contribution in [0.25, 0.3) is 0 Å². The SMILES string of the molecule is CCCc1nc(Br)cc(N(C)Cc2cccc(C)c2)n1. The van der Waals surface area contributed by atoms with Gasteiger partial charge in [-0.25, -0.2) is 9.97 Å². The number of aromatic nitrogens is 2. The number of nitrogens with zero attached hydrogens (tertiary/aromatic N) is 3. The Labute approximate surface area is 129 Å². The van der Waals surface area contributed by atoms with Crippen LogP contribution in [0.4, 0.5) is 5.82 Å². The maximum absolute atomic E-state index is 4.63. The predicted molar refractivity (Wildman–Crippen MR) is 87.0 cm³/mol. The third kappa shape index (κ3) is 4.04. The molecule has 1 heterocycles. The lowest BCUT2D eigenvalue weighted by atomic mass is 10.1. The van der Waals surface area contributed by atoms with Crippen LogP contribution < -0.4 is 4.90 Å². The van der Waals surface area contributed by atoms with Gasteiger partial charge in [-0.2, -0.15) is 0 Å². The van der Waals surface area contributed by atoms with E-state index in [1.165, 1.54) is 11.1 Å². The molecule has 0 aliphatic heterocycles. The van der Waals surface area contributed by atoms with Gasteiger partial charge in [-0.05, 0) is 34.8 Å². The van der Waals surface area contributed by atoms with Gasteiger partial charge in [0.2, 0.25) is 0 Å². The highest BCUT2D eigenvalue weighted by Gasteiger charge is 2.08. The van der Waals surface area contributed by atoms with Crippen molar-refractivity contribution >= 4 is 21.7 Å².